The van der Waals surface area contributed by atoms with Gasteiger partial charge in [0.05, 0.1) is 12.3 Å². The van der Waals surface area contributed by atoms with Crippen LogP contribution in [0, 0.1) is 12.8 Å². The molecule has 5 nitrogen and oxygen atoms in total. The Labute approximate surface area is 107 Å². The van der Waals surface area contributed by atoms with E-state index in [4.69, 9.17) is 9.26 Å². The molecule has 1 fully saturated rings. The van der Waals surface area contributed by atoms with Crippen molar-refractivity contribution in [1.29, 1.82) is 0 Å². The lowest BCUT2D eigenvalue weighted by Crippen LogP contribution is -2.41. The van der Waals surface area contributed by atoms with E-state index in [0.29, 0.717) is 11.7 Å². The molecule has 2 heterocycles. The first-order chi connectivity index (χ1) is 8.70. The van der Waals surface area contributed by atoms with Gasteiger partial charge in [-0.25, -0.2) is 0 Å². The Kier molecular flexibility index (Phi) is 4.36. The number of aromatic nitrogens is 1. The minimum absolute atomic E-state index is 0.0585. The number of carbonyl (C=O) groups is 1. The van der Waals surface area contributed by atoms with Crippen LogP contribution in [0.3, 0.4) is 0 Å². The van der Waals surface area contributed by atoms with Gasteiger partial charge in [-0.05, 0) is 32.6 Å². The van der Waals surface area contributed by atoms with E-state index in [0.717, 1.165) is 44.8 Å². The third-order valence-electron chi connectivity index (χ3n) is 3.20. The Balaban J connectivity index is 1.94. The fourth-order valence-corrected chi connectivity index (χ4v) is 2.29. The van der Waals surface area contributed by atoms with E-state index in [2.05, 4.69) is 5.16 Å². The third-order valence-corrected chi connectivity index (χ3v) is 3.20. The van der Waals surface area contributed by atoms with Crippen LogP contribution in [-0.4, -0.2) is 42.3 Å². The van der Waals surface area contributed by atoms with Gasteiger partial charge in [0, 0.05) is 25.8 Å². The summed E-state index contributed by atoms with van der Waals surface area (Å²) in [6, 6.07) is 1.69. The summed E-state index contributed by atoms with van der Waals surface area (Å²) < 4.78 is 10.5. The topological polar surface area (TPSA) is 55.6 Å². The molecule has 1 saturated heterocycles. The van der Waals surface area contributed by atoms with Gasteiger partial charge in [0.25, 0.3) is 5.91 Å². The van der Waals surface area contributed by atoms with E-state index >= 15 is 0 Å². The summed E-state index contributed by atoms with van der Waals surface area (Å²) in [6.45, 7) is 6.80. The predicted molar refractivity (Wildman–Crippen MR) is 66.4 cm³/mol. The molecule has 1 aliphatic heterocycles. The molecule has 0 N–H and O–H groups in total. The molecule has 0 spiro atoms. The average Bonchev–Trinajstić information content (AvgIpc) is 2.82. The zero-order chi connectivity index (χ0) is 13.0. The van der Waals surface area contributed by atoms with Crippen molar-refractivity contribution in [2.45, 2.75) is 26.7 Å². The van der Waals surface area contributed by atoms with E-state index < -0.39 is 0 Å². The minimum Gasteiger partial charge on any atom is -0.381 e. The van der Waals surface area contributed by atoms with Gasteiger partial charge in [-0.15, -0.1) is 0 Å². The number of carbonyl (C=O) groups excluding carboxylic acids is 1. The van der Waals surface area contributed by atoms with Gasteiger partial charge in [0.2, 0.25) is 5.76 Å². The van der Waals surface area contributed by atoms with Crippen molar-refractivity contribution < 1.29 is 14.1 Å². The normalized spacial score (nSPS) is 20.1. The van der Waals surface area contributed by atoms with Gasteiger partial charge in [0.1, 0.15) is 0 Å². The summed E-state index contributed by atoms with van der Waals surface area (Å²) >= 11 is 0. The first kappa shape index (κ1) is 13.1. The van der Waals surface area contributed by atoms with Crippen molar-refractivity contribution >= 4 is 5.91 Å². The monoisotopic (exact) mass is 252 g/mol. The molecular formula is C13H20N2O3. The molecule has 5 heteroatoms. The van der Waals surface area contributed by atoms with Crippen LogP contribution in [0.5, 0.6) is 0 Å². The van der Waals surface area contributed by atoms with Crippen LogP contribution in [0.4, 0.5) is 0 Å². The quantitative estimate of drug-likeness (QED) is 0.821. The van der Waals surface area contributed by atoms with Crippen LogP contribution in [0.15, 0.2) is 10.6 Å². The van der Waals surface area contributed by atoms with Crippen molar-refractivity contribution in [3.8, 4) is 0 Å². The number of ether oxygens (including phenoxy) is 1. The van der Waals surface area contributed by atoms with Crippen molar-refractivity contribution in [3.05, 3.63) is 17.5 Å². The molecule has 1 aromatic rings. The highest BCUT2D eigenvalue weighted by atomic mass is 16.5. The Morgan fingerprint density at radius 2 is 2.50 bits per heavy atom. The average molecular weight is 252 g/mol. The van der Waals surface area contributed by atoms with Crippen LogP contribution in [0.2, 0.25) is 0 Å². The van der Waals surface area contributed by atoms with Crippen molar-refractivity contribution in [2.24, 2.45) is 5.92 Å². The molecule has 0 aliphatic carbocycles. The van der Waals surface area contributed by atoms with Crippen LogP contribution >= 0.6 is 0 Å². The lowest BCUT2D eigenvalue weighted by Gasteiger charge is -2.31. The summed E-state index contributed by atoms with van der Waals surface area (Å²) in [5.41, 5.74) is 0.737. The second kappa shape index (κ2) is 6.00. The second-order valence-corrected chi connectivity index (χ2v) is 4.75. The Morgan fingerprint density at radius 1 is 1.67 bits per heavy atom. The standard InChI is InChI=1S/C13H20N2O3/c1-3-17-9-11-5-4-6-15(8-11)13(16)12-7-10(2)14-18-12/h7,11H,3-6,8-9H2,1-2H3. The zero-order valence-corrected chi connectivity index (χ0v) is 11.0. The van der Waals surface area contributed by atoms with Crippen LogP contribution in [0.25, 0.3) is 0 Å². The molecule has 1 atom stereocenters. The zero-order valence-electron chi connectivity index (χ0n) is 11.0. The van der Waals surface area contributed by atoms with Crippen molar-refractivity contribution in [1.82, 2.24) is 10.1 Å². The molecule has 18 heavy (non-hydrogen) atoms. The highest BCUT2D eigenvalue weighted by molar-refractivity contribution is 5.91. The number of aryl methyl sites for hydroxylation is 1. The molecule has 0 saturated carbocycles. The highest BCUT2D eigenvalue weighted by Gasteiger charge is 2.26. The Hall–Kier alpha value is -1.36. The summed E-state index contributed by atoms with van der Waals surface area (Å²) in [5.74, 6) is 0.716. The Bertz CT molecular complexity index is 403. The first-order valence-electron chi connectivity index (χ1n) is 6.51. The summed E-state index contributed by atoms with van der Waals surface area (Å²) in [6.07, 6.45) is 2.15. The van der Waals surface area contributed by atoms with Crippen LogP contribution in [0.1, 0.15) is 36.0 Å². The summed E-state index contributed by atoms with van der Waals surface area (Å²) in [5, 5.41) is 3.75. The number of nitrogens with zero attached hydrogens (tertiary/aromatic N) is 2. The number of rotatable bonds is 4. The smallest absolute Gasteiger partial charge is 0.292 e. The second-order valence-electron chi connectivity index (χ2n) is 4.75. The number of hydrogen-bond donors (Lipinski definition) is 0. The molecule has 100 valence electrons. The number of amides is 1. The maximum Gasteiger partial charge on any atom is 0.292 e. The fourth-order valence-electron chi connectivity index (χ4n) is 2.29. The largest absolute Gasteiger partial charge is 0.381 e. The maximum absolute atomic E-state index is 12.2. The van der Waals surface area contributed by atoms with E-state index in [1.807, 2.05) is 18.7 Å². The fraction of sp³-hybridized carbons (Fsp3) is 0.692. The van der Waals surface area contributed by atoms with Gasteiger partial charge < -0.3 is 14.2 Å². The number of piperidine rings is 1. The van der Waals surface area contributed by atoms with E-state index in [1.165, 1.54) is 0 Å². The van der Waals surface area contributed by atoms with Gasteiger partial charge >= 0.3 is 0 Å². The molecule has 0 aromatic carbocycles. The molecule has 1 amide bonds. The minimum atomic E-state index is -0.0585. The van der Waals surface area contributed by atoms with Gasteiger partial charge in [-0.1, -0.05) is 5.16 Å². The van der Waals surface area contributed by atoms with Gasteiger partial charge in [0.15, 0.2) is 0 Å². The molecule has 1 aromatic heterocycles. The van der Waals surface area contributed by atoms with Crippen molar-refractivity contribution in [2.75, 3.05) is 26.3 Å². The molecule has 1 aliphatic rings. The first-order valence-corrected chi connectivity index (χ1v) is 6.51. The summed E-state index contributed by atoms with van der Waals surface area (Å²) in [4.78, 5) is 14.0. The maximum atomic E-state index is 12.2. The number of hydrogen-bond acceptors (Lipinski definition) is 4. The van der Waals surface area contributed by atoms with Crippen molar-refractivity contribution in [3.63, 3.8) is 0 Å². The van der Waals surface area contributed by atoms with E-state index in [9.17, 15) is 4.79 Å². The predicted octanol–water partition coefficient (Wildman–Crippen LogP) is 1.87. The molecule has 0 bridgehead atoms. The van der Waals surface area contributed by atoms with Crippen LogP contribution in [-0.2, 0) is 4.74 Å². The summed E-state index contributed by atoms with van der Waals surface area (Å²) in [7, 11) is 0. The molecule has 2 rings (SSSR count). The molecular weight excluding hydrogens is 232 g/mol. The number of likely N-dealkylation sites (tertiary alicyclic amines) is 1. The van der Waals surface area contributed by atoms with Gasteiger partial charge in [-0.2, -0.15) is 0 Å². The lowest BCUT2D eigenvalue weighted by molar-refractivity contribution is 0.0471. The van der Waals surface area contributed by atoms with E-state index in [-0.39, 0.29) is 5.91 Å². The molecule has 1 unspecified atom stereocenters. The molecule has 0 radical (unpaired) electrons. The van der Waals surface area contributed by atoms with Crippen LogP contribution < -0.4 is 0 Å². The van der Waals surface area contributed by atoms with Gasteiger partial charge in [-0.3, -0.25) is 4.79 Å². The Morgan fingerprint density at radius 3 is 3.17 bits per heavy atom. The third kappa shape index (κ3) is 3.10. The highest BCUT2D eigenvalue weighted by Crippen LogP contribution is 2.19. The SMILES string of the molecule is CCOCC1CCCN(C(=O)c2cc(C)no2)C1. The lowest BCUT2D eigenvalue weighted by atomic mass is 9.99. The van der Waals surface area contributed by atoms with E-state index in [1.54, 1.807) is 6.07 Å².